The molecule has 1 N–H and O–H groups in total. The van der Waals surface area contributed by atoms with Gasteiger partial charge in [0.15, 0.2) is 0 Å². The topological polar surface area (TPSA) is 47.0 Å². The number of anilines is 1. The van der Waals surface area contributed by atoms with Gasteiger partial charge in [-0.3, -0.25) is 0 Å². The van der Waals surface area contributed by atoms with Gasteiger partial charge >= 0.3 is 6.11 Å². The molecule has 1 aromatic carbocycles. The first-order valence-corrected chi connectivity index (χ1v) is 6.60. The third-order valence-electron chi connectivity index (χ3n) is 2.60. The van der Waals surface area contributed by atoms with Crippen molar-refractivity contribution in [3.8, 4) is 5.75 Å². The highest BCUT2D eigenvalue weighted by molar-refractivity contribution is 6.28. The van der Waals surface area contributed by atoms with Crippen LogP contribution in [0, 0.1) is 6.92 Å². The fourth-order valence-electron chi connectivity index (χ4n) is 1.71. The molecular weight excluding hydrogens is 300 g/mol. The van der Waals surface area contributed by atoms with Gasteiger partial charge in [-0.2, -0.15) is 8.78 Å². The summed E-state index contributed by atoms with van der Waals surface area (Å²) in [6.45, 7) is 2.95. The SMILES string of the molecule is Cc1cnc(Cl)nc1NCc1cccc(OC(C)(F)F)c1. The second-order valence-electron chi connectivity index (χ2n) is 4.58. The lowest BCUT2D eigenvalue weighted by Crippen LogP contribution is -2.19. The molecule has 0 saturated carbocycles. The van der Waals surface area contributed by atoms with Gasteiger partial charge in [-0.05, 0) is 36.2 Å². The van der Waals surface area contributed by atoms with Gasteiger partial charge in [0.1, 0.15) is 11.6 Å². The minimum atomic E-state index is -3.21. The van der Waals surface area contributed by atoms with Crippen LogP contribution in [0.25, 0.3) is 0 Å². The average Bonchev–Trinajstić information content (AvgIpc) is 2.38. The van der Waals surface area contributed by atoms with Crippen molar-refractivity contribution >= 4 is 17.4 Å². The average molecular weight is 314 g/mol. The first kappa shape index (κ1) is 15.4. The third-order valence-corrected chi connectivity index (χ3v) is 2.78. The Morgan fingerprint density at radius 1 is 1.38 bits per heavy atom. The van der Waals surface area contributed by atoms with Crippen LogP contribution >= 0.6 is 11.6 Å². The lowest BCUT2D eigenvalue weighted by atomic mass is 10.2. The zero-order chi connectivity index (χ0) is 15.5. The highest BCUT2D eigenvalue weighted by Crippen LogP contribution is 2.22. The summed E-state index contributed by atoms with van der Waals surface area (Å²) in [5, 5.41) is 3.23. The Bertz CT molecular complexity index is 632. The van der Waals surface area contributed by atoms with E-state index in [4.69, 9.17) is 11.6 Å². The molecule has 2 aromatic rings. The van der Waals surface area contributed by atoms with Crippen LogP contribution in [0.5, 0.6) is 5.75 Å². The molecule has 0 aliphatic carbocycles. The van der Waals surface area contributed by atoms with Gasteiger partial charge < -0.3 is 10.1 Å². The fraction of sp³-hybridized carbons (Fsp3) is 0.286. The number of hydrogen-bond donors (Lipinski definition) is 1. The van der Waals surface area contributed by atoms with E-state index < -0.39 is 6.11 Å². The molecule has 0 aliphatic rings. The van der Waals surface area contributed by atoms with Crippen LogP contribution in [0.15, 0.2) is 30.5 Å². The normalized spacial score (nSPS) is 11.3. The van der Waals surface area contributed by atoms with Gasteiger partial charge in [0.2, 0.25) is 5.28 Å². The van der Waals surface area contributed by atoms with Gasteiger partial charge in [-0.15, -0.1) is 0 Å². The molecule has 4 nitrogen and oxygen atoms in total. The Labute approximate surface area is 126 Å². The maximum absolute atomic E-state index is 12.8. The lowest BCUT2D eigenvalue weighted by molar-refractivity contribution is -0.158. The van der Waals surface area contributed by atoms with E-state index in [1.54, 1.807) is 24.4 Å². The summed E-state index contributed by atoms with van der Waals surface area (Å²) in [6, 6.07) is 6.47. The molecule has 2 rings (SSSR count). The van der Waals surface area contributed by atoms with Crippen molar-refractivity contribution in [2.24, 2.45) is 0 Å². The predicted molar refractivity (Wildman–Crippen MR) is 76.8 cm³/mol. The molecule has 112 valence electrons. The van der Waals surface area contributed by atoms with E-state index in [0.29, 0.717) is 19.3 Å². The number of halogens is 3. The molecular formula is C14H14ClF2N3O. The zero-order valence-electron chi connectivity index (χ0n) is 11.5. The van der Waals surface area contributed by atoms with Crippen molar-refractivity contribution in [2.75, 3.05) is 5.32 Å². The molecule has 7 heteroatoms. The van der Waals surface area contributed by atoms with Crippen molar-refractivity contribution < 1.29 is 13.5 Å². The van der Waals surface area contributed by atoms with E-state index >= 15 is 0 Å². The summed E-state index contributed by atoms with van der Waals surface area (Å²) in [4.78, 5) is 7.92. The smallest absolute Gasteiger partial charge is 0.394 e. The maximum Gasteiger partial charge on any atom is 0.394 e. The molecule has 0 fully saturated rings. The summed E-state index contributed by atoms with van der Waals surface area (Å²) in [5.74, 6) is 0.710. The summed E-state index contributed by atoms with van der Waals surface area (Å²) < 4.78 is 30.2. The summed E-state index contributed by atoms with van der Waals surface area (Å²) in [5.41, 5.74) is 1.62. The molecule has 21 heavy (non-hydrogen) atoms. The Hall–Kier alpha value is -1.95. The van der Waals surface area contributed by atoms with Crippen molar-refractivity contribution in [2.45, 2.75) is 26.5 Å². The second kappa shape index (κ2) is 6.22. The summed E-state index contributed by atoms with van der Waals surface area (Å²) >= 11 is 5.73. The third kappa shape index (κ3) is 4.82. The van der Waals surface area contributed by atoms with Crippen LogP contribution in [0.2, 0.25) is 5.28 Å². The Balaban J connectivity index is 2.06. The van der Waals surface area contributed by atoms with E-state index in [2.05, 4.69) is 20.0 Å². The summed E-state index contributed by atoms with van der Waals surface area (Å²) in [7, 11) is 0. The van der Waals surface area contributed by atoms with Crippen LogP contribution in [0.4, 0.5) is 14.6 Å². The van der Waals surface area contributed by atoms with Gasteiger partial charge in [0.05, 0.1) is 0 Å². The number of benzene rings is 1. The number of nitrogens with zero attached hydrogens (tertiary/aromatic N) is 2. The molecule has 1 aromatic heterocycles. The van der Waals surface area contributed by atoms with E-state index in [1.165, 1.54) is 6.07 Å². The largest absolute Gasteiger partial charge is 0.433 e. The Morgan fingerprint density at radius 2 is 2.14 bits per heavy atom. The lowest BCUT2D eigenvalue weighted by Gasteiger charge is -2.14. The van der Waals surface area contributed by atoms with E-state index in [1.807, 2.05) is 6.92 Å². The zero-order valence-corrected chi connectivity index (χ0v) is 12.3. The minimum absolute atomic E-state index is 0.110. The molecule has 0 aliphatic heterocycles. The molecule has 0 atom stereocenters. The molecule has 1 heterocycles. The number of hydrogen-bond acceptors (Lipinski definition) is 4. The van der Waals surface area contributed by atoms with Crippen LogP contribution in [-0.4, -0.2) is 16.1 Å². The fourth-order valence-corrected chi connectivity index (χ4v) is 1.84. The van der Waals surface area contributed by atoms with E-state index in [9.17, 15) is 8.78 Å². The van der Waals surface area contributed by atoms with Crippen LogP contribution in [-0.2, 0) is 6.54 Å². The molecule has 0 radical (unpaired) electrons. The standard InChI is InChI=1S/C14H14ClF2N3O/c1-9-7-19-13(15)20-12(9)18-8-10-4-3-5-11(6-10)21-14(2,16)17/h3-7H,8H2,1-2H3,(H,18,19,20). The first-order valence-electron chi connectivity index (χ1n) is 6.22. The number of rotatable bonds is 5. The van der Waals surface area contributed by atoms with Gasteiger partial charge in [0.25, 0.3) is 0 Å². The summed E-state index contributed by atoms with van der Waals surface area (Å²) in [6.07, 6.45) is -1.60. The Kier molecular flexibility index (Phi) is 4.57. The van der Waals surface area contributed by atoms with Gasteiger partial charge in [0, 0.05) is 25.2 Å². The molecule has 0 unspecified atom stereocenters. The number of nitrogens with one attached hydrogen (secondary N) is 1. The molecule has 0 amide bonds. The van der Waals surface area contributed by atoms with Crippen LogP contribution in [0.1, 0.15) is 18.1 Å². The quantitative estimate of drug-likeness (QED) is 0.846. The number of aromatic nitrogens is 2. The molecule has 0 bridgehead atoms. The van der Waals surface area contributed by atoms with Gasteiger partial charge in [-0.1, -0.05) is 12.1 Å². The highest BCUT2D eigenvalue weighted by atomic mass is 35.5. The number of ether oxygens (including phenoxy) is 1. The Morgan fingerprint density at radius 3 is 2.86 bits per heavy atom. The second-order valence-corrected chi connectivity index (χ2v) is 4.92. The molecule has 0 spiro atoms. The van der Waals surface area contributed by atoms with E-state index in [-0.39, 0.29) is 11.0 Å². The van der Waals surface area contributed by atoms with Crippen molar-refractivity contribution in [1.82, 2.24) is 9.97 Å². The highest BCUT2D eigenvalue weighted by Gasteiger charge is 2.23. The van der Waals surface area contributed by atoms with Crippen LogP contribution in [0.3, 0.4) is 0 Å². The maximum atomic E-state index is 12.8. The number of alkyl halides is 2. The van der Waals surface area contributed by atoms with Crippen molar-refractivity contribution in [3.63, 3.8) is 0 Å². The molecule has 0 saturated heterocycles. The van der Waals surface area contributed by atoms with Gasteiger partial charge in [-0.25, -0.2) is 9.97 Å². The van der Waals surface area contributed by atoms with E-state index in [0.717, 1.165) is 11.1 Å². The predicted octanol–water partition coefficient (Wildman–Crippen LogP) is 4.04. The first-order chi connectivity index (χ1) is 9.83. The monoisotopic (exact) mass is 313 g/mol. The minimum Gasteiger partial charge on any atom is -0.433 e. The van der Waals surface area contributed by atoms with Crippen LogP contribution < -0.4 is 10.1 Å². The van der Waals surface area contributed by atoms with Crippen molar-refractivity contribution in [3.05, 3.63) is 46.9 Å². The van der Waals surface area contributed by atoms with Crippen molar-refractivity contribution in [1.29, 1.82) is 0 Å². The number of aryl methyl sites for hydroxylation is 1.